The van der Waals surface area contributed by atoms with Crippen molar-refractivity contribution in [2.24, 2.45) is 0 Å². The highest BCUT2D eigenvalue weighted by molar-refractivity contribution is 9.11. The summed E-state index contributed by atoms with van der Waals surface area (Å²) in [6.07, 6.45) is 1.59. The molecule has 18 heavy (non-hydrogen) atoms. The first-order chi connectivity index (χ1) is 8.70. The number of nitrogens with zero attached hydrogens (tertiary/aromatic N) is 2. The fourth-order valence-corrected chi connectivity index (χ4v) is 2.57. The van der Waals surface area contributed by atoms with Gasteiger partial charge in [-0.3, -0.25) is 0 Å². The Labute approximate surface area is 122 Å². The van der Waals surface area contributed by atoms with Gasteiger partial charge in [0.15, 0.2) is 0 Å². The molecule has 5 heteroatoms. The van der Waals surface area contributed by atoms with E-state index in [1.165, 1.54) is 0 Å². The van der Waals surface area contributed by atoms with E-state index < -0.39 is 0 Å². The van der Waals surface area contributed by atoms with Crippen LogP contribution in [0.25, 0.3) is 0 Å². The molecule has 0 aliphatic carbocycles. The van der Waals surface area contributed by atoms with Gasteiger partial charge in [0, 0.05) is 16.2 Å². The summed E-state index contributed by atoms with van der Waals surface area (Å²) in [4.78, 5) is 3.99. The predicted octanol–water partition coefficient (Wildman–Crippen LogP) is 4.06. The van der Waals surface area contributed by atoms with E-state index in [1.807, 2.05) is 30.3 Å². The van der Waals surface area contributed by atoms with Crippen LogP contribution in [0.3, 0.4) is 0 Å². The van der Waals surface area contributed by atoms with E-state index in [4.69, 9.17) is 10.00 Å². The van der Waals surface area contributed by atoms with Crippen LogP contribution < -0.4 is 4.74 Å². The SMILES string of the molecule is N#Cc1ncccc1COc1ccc(Br)cc1Br. The zero-order chi connectivity index (χ0) is 13.0. The van der Waals surface area contributed by atoms with Gasteiger partial charge in [0.2, 0.25) is 0 Å². The molecule has 2 aromatic rings. The number of benzene rings is 1. The van der Waals surface area contributed by atoms with E-state index in [0.717, 1.165) is 20.3 Å². The van der Waals surface area contributed by atoms with Crippen molar-refractivity contribution >= 4 is 31.9 Å². The molecular formula is C13H8Br2N2O. The van der Waals surface area contributed by atoms with Crippen LogP contribution in [0.15, 0.2) is 45.5 Å². The average molecular weight is 368 g/mol. The molecule has 1 aromatic carbocycles. The van der Waals surface area contributed by atoms with E-state index in [1.54, 1.807) is 12.3 Å². The summed E-state index contributed by atoms with van der Waals surface area (Å²) in [6.45, 7) is 0.316. The largest absolute Gasteiger partial charge is 0.488 e. The van der Waals surface area contributed by atoms with Crippen LogP contribution in [0.1, 0.15) is 11.3 Å². The maximum atomic E-state index is 8.92. The molecule has 3 nitrogen and oxygen atoms in total. The Morgan fingerprint density at radius 2 is 2.11 bits per heavy atom. The van der Waals surface area contributed by atoms with Crippen LogP contribution >= 0.6 is 31.9 Å². The molecule has 0 radical (unpaired) electrons. The number of halogens is 2. The standard InChI is InChI=1S/C13H8Br2N2O/c14-10-3-4-13(11(15)6-10)18-8-9-2-1-5-17-12(9)7-16/h1-6H,8H2. The Kier molecular flexibility index (Phi) is 4.34. The number of hydrogen-bond donors (Lipinski definition) is 0. The lowest BCUT2D eigenvalue weighted by atomic mass is 10.2. The molecule has 0 spiro atoms. The lowest BCUT2D eigenvalue weighted by molar-refractivity contribution is 0.303. The van der Waals surface area contributed by atoms with E-state index >= 15 is 0 Å². The molecule has 0 fully saturated rings. The Bertz CT molecular complexity index is 608. The highest BCUT2D eigenvalue weighted by atomic mass is 79.9. The zero-order valence-corrected chi connectivity index (χ0v) is 12.4. The Morgan fingerprint density at radius 3 is 2.83 bits per heavy atom. The van der Waals surface area contributed by atoms with Crippen molar-refractivity contribution in [3.8, 4) is 11.8 Å². The summed E-state index contributed by atoms with van der Waals surface area (Å²) in [5, 5.41) is 8.92. The van der Waals surface area contributed by atoms with E-state index in [0.29, 0.717) is 12.3 Å². The highest BCUT2D eigenvalue weighted by Gasteiger charge is 2.05. The van der Waals surface area contributed by atoms with Gasteiger partial charge >= 0.3 is 0 Å². The Hall–Kier alpha value is -1.38. The number of pyridine rings is 1. The van der Waals surface area contributed by atoms with Gasteiger partial charge in [-0.2, -0.15) is 5.26 Å². The summed E-state index contributed by atoms with van der Waals surface area (Å²) >= 11 is 6.80. The zero-order valence-electron chi connectivity index (χ0n) is 9.23. The molecule has 0 bridgehead atoms. The monoisotopic (exact) mass is 366 g/mol. The van der Waals surface area contributed by atoms with Gasteiger partial charge in [0.05, 0.1) is 4.47 Å². The van der Waals surface area contributed by atoms with Crippen LogP contribution in [-0.2, 0) is 6.61 Å². The molecule has 0 unspecified atom stereocenters. The molecule has 0 aliphatic rings. The topological polar surface area (TPSA) is 45.9 Å². The van der Waals surface area contributed by atoms with Crippen molar-refractivity contribution in [2.45, 2.75) is 6.61 Å². The second kappa shape index (κ2) is 5.98. The first kappa shape index (κ1) is 13.1. The number of ether oxygens (including phenoxy) is 1. The highest BCUT2D eigenvalue weighted by Crippen LogP contribution is 2.28. The van der Waals surface area contributed by atoms with Crippen molar-refractivity contribution in [2.75, 3.05) is 0 Å². The van der Waals surface area contributed by atoms with Crippen molar-refractivity contribution < 1.29 is 4.74 Å². The molecule has 0 saturated carbocycles. The predicted molar refractivity (Wildman–Crippen MR) is 75.1 cm³/mol. The van der Waals surface area contributed by atoms with Gasteiger partial charge in [-0.05, 0) is 40.2 Å². The van der Waals surface area contributed by atoms with Crippen LogP contribution in [0.4, 0.5) is 0 Å². The molecule has 0 saturated heterocycles. The Balaban J connectivity index is 2.14. The molecule has 0 N–H and O–H groups in total. The van der Waals surface area contributed by atoms with Crippen molar-refractivity contribution in [1.29, 1.82) is 5.26 Å². The van der Waals surface area contributed by atoms with Gasteiger partial charge in [-0.25, -0.2) is 4.98 Å². The molecule has 90 valence electrons. The first-order valence-electron chi connectivity index (χ1n) is 5.12. The lowest BCUT2D eigenvalue weighted by Crippen LogP contribution is -2.00. The van der Waals surface area contributed by atoms with Crippen LogP contribution in [0.5, 0.6) is 5.75 Å². The second-order valence-electron chi connectivity index (χ2n) is 3.49. The van der Waals surface area contributed by atoms with Gasteiger partial charge in [-0.15, -0.1) is 0 Å². The van der Waals surface area contributed by atoms with Crippen molar-refractivity contribution in [3.05, 3.63) is 56.7 Å². The third-order valence-corrected chi connectivity index (χ3v) is 3.39. The number of aromatic nitrogens is 1. The van der Waals surface area contributed by atoms with Gasteiger partial charge < -0.3 is 4.74 Å². The molecule has 0 atom stereocenters. The number of rotatable bonds is 3. The molecule has 1 heterocycles. The summed E-state index contributed by atoms with van der Waals surface area (Å²) in [5.74, 6) is 0.728. The maximum absolute atomic E-state index is 8.92. The fourth-order valence-electron chi connectivity index (χ4n) is 1.40. The fraction of sp³-hybridized carbons (Fsp3) is 0.0769. The molecule has 2 rings (SSSR count). The van der Waals surface area contributed by atoms with Crippen LogP contribution in [0, 0.1) is 11.3 Å². The summed E-state index contributed by atoms with van der Waals surface area (Å²) in [7, 11) is 0. The summed E-state index contributed by atoms with van der Waals surface area (Å²) in [5.41, 5.74) is 1.17. The number of nitriles is 1. The van der Waals surface area contributed by atoms with Crippen LogP contribution in [0.2, 0.25) is 0 Å². The minimum absolute atomic E-state index is 0.316. The first-order valence-corrected chi connectivity index (χ1v) is 6.71. The maximum Gasteiger partial charge on any atom is 0.147 e. The van der Waals surface area contributed by atoms with Gasteiger partial charge in [0.1, 0.15) is 24.1 Å². The average Bonchev–Trinajstić information content (AvgIpc) is 2.38. The minimum atomic E-state index is 0.316. The number of hydrogen-bond acceptors (Lipinski definition) is 3. The van der Waals surface area contributed by atoms with Crippen molar-refractivity contribution in [3.63, 3.8) is 0 Å². The third-order valence-electron chi connectivity index (χ3n) is 2.27. The minimum Gasteiger partial charge on any atom is -0.488 e. The quantitative estimate of drug-likeness (QED) is 0.821. The molecular weight excluding hydrogens is 360 g/mol. The normalized spacial score (nSPS) is 9.83. The molecule has 1 aromatic heterocycles. The summed E-state index contributed by atoms with van der Waals surface area (Å²) < 4.78 is 7.49. The lowest BCUT2D eigenvalue weighted by Gasteiger charge is -2.09. The third kappa shape index (κ3) is 3.09. The molecule has 0 aliphatic heterocycles. The van der Waals surface area contributed by atoms with E-state index in [9.17, 15) is 0 Å². The van der Waals surface area contributed by atoms with E-state index in [2.05, 4.69) is 36.8 Å². The van der Waals surface area contributed by atoms with Gasteiger partial charge in [0.25, 0.3) is 0 Å². The molecule has 0 amide bonds. The van der Waals surface area contributed by atoms with E-state index in [-0.39, 0.29) is 0 Å². The van der Waals surface area contributed by atoms with Crippen molar-refractivity contribution in [1.82, 2.24) is 4.98 Å². The summed E-state index contributed by atoms with van der Waals surface area (Å²) in [6, 6.07) is 11.3. The smallest absolute Gasteiger partial charge is 0.147 e. The Morgan fingerprint density at radius 1 is 1.28 bits per heavy atom. The second-order valence-corrected chi connectivity index (χ2v) is 5.26. The van der Waals surface area contributed by atoms with Gasteiger partial charge in [-0.1, -0.05) is 22.0 Å². The van der Waals surface area contributed by atoms with Crippen LogP contribution in [-0.4, -0.2) is 4.98 Å².